The second-order valence-corrected chi connectivity index (χ2v) is 6.03. The number of carbonyl (C=O) groups excluding carboxylic acids is 2. The Morgan fingerprint density at radius 1 is 1.45 bits per heavy atom. The third-order valence-corrected chi connectivity index (χ3v) is 3.07. The van der Waals surface area contributed by atoms with E-state index in [2.05, 4.69) is 5.32 Å². The fourth-order valence-electron chi connectivity index (χ4n) is 2.17. The number of aliphatic hydroxyl groups excluding tert-OH is 2. The van der Waals surface area contributed by atoms with Gasteiger partial charge >= 0.3 is 6.09 Å². The van der Waals surface area contributed by atoms with E-state index in [-0.39, 0.29) is 25.3 Å². The van der Waals surface area contributed by atoms with Crippen molar-refractivity contribution in [3.63, 3.8) is 0 Å². The van der Waals surface area contributed by atoms with Gasteiger partial charge in [0.2, 0.25) is 5.91 Å². The number of β-amino-alcohol motifs (C(OH)–C–C–N with tert-alkyl or cyclic N) is 1. The van der Waals surface area contributed by atoms with Gasteiger partial charge in [0.05, 0.1) is 31.2 Å². The number of nitrogens with one attached hydrogen (secondary N) is 1. The molecule has 1 rings (SSSR count). The van der Waals surface area contributed by atoms with Crippen LogP contribution in [0.5, 0.6) is 0 Å². The Labute approximate surface area is 118 Å². The van der Waals surface area contributed by atoms with E-state index >= 15 is 0 Å². The number of hydrogen-bond acceptors (Lipinski definition) is 5. The first-order chi connectivity index (χ1) is 9.14. The standard InChI is InChI=1S/C13H24N2O5/c1-13(2,3)20-12(19)15-7-8(16)5-9(15)10(17)6-11(18)14-4/h8-10,16-17H,5-7H2,1-4H3,(H,14,18)/t8-,9+,10-/m1/s1. The quantitative estimate of drug-likeness (QED) is 0.671. The molecule has 0 radical (unpaired) electrons. The van der Waals surface area contributed by atoms with Crippen molar-refractivity contribution in [2.75, 3.05) is 13.6 Å². The lowest BCUT2D eigenvalue weighted by Crippen LogP contribution is -2.46. The second-order valence-electron chi connectivity index (χ2n) is 6.03. The first-order valence-corrected chi connectivity index (χ1v) is 6.70. The minimum Gasteiger partial charge on any atom is -0.444 e. The molecule has 3 N–H and O–H groups in total. The van der Waals surface area contributed by atoms with Gasteiger partial charge in [-0.1, -0.05) is 0 Å². The predicted molar refractivity (Wildman–Crippen MR) is 72.0 cm³/mol. The molecule has 0 unspecified atom stereocenters. The number of hydrogen-bond donors (Lipinski definition) is 3. The summed E-state index contributed by atoms with van der Waals surface area (Å²) in [5.74, 6) is -0.317. The Bertz CT molecular complexity index is 366. The highest BCUT2D eigenvalue weighted by Crippen LogP contribution is 2.24. The summed E-state index contributed by atoms with van der Waals surface area (Å²) in [5, 5.41) is 22.2. The highest BCUT2D eigenvalue weighted by molar-refractivity contribution is 5.76. The third kappa shape index (κ3) is 4.64. The van der Waals surface area contributed by atoms with E-state index in [0.717, 1.165) is 0 Å². The summed E-state index contributed by atoms with van der Waals surface area (Å²) in [5.41, 5.74) is -0.652. The molecule has 2 amide bonds. The van der Waals surface area contributed by atoms with Crippen molar-refractivity contribution in [2.45, 2.75) is 57.5 Å². The number of rotatable bonds is 3. The van der Waals surface area contributed by atoms with Crippen molar-refractivity contribution in [2.24, 2.45) is 0 Å². The molecule has 0 spiro atoms. The van der Waals surface area contributed by atoms with E-state index in [0.29, 0.717) is 0 Å². The van der Waals surface area contributed by atoms with E-state index < -0.39 is 29.9 Å². The van der Waals surface area contributed by atoms with E-state index in [1.807, 2.05) is 0 Å². The van der Waals surface area contributed by atoms with Crippen LogP contribution in [0.3, 0.4) is 0 Å². The average Bonchev–Trinajstić information content (AvgIpc) is 2.69. The highest BCUT2D eigenvalue weighted by Gasteiger charge is 2.40. The minimum absolute atomic E-state index is 0.102. The zero-order chi connectivity index (χ0) is 15.5. The molecule has 1 saturated heterocycles. The van der Waals surface area contributed by atoms with Crippen LogP contribution in [-0.4, -0.2) is 64.6 Å². The summed E-state index contributed by atoms with van der Waals surface area (Å²) >= 11 is 0. The van der Waals surface area contributed by atoms with Crippen LogP contribution in [0.2, 0.25) is 0 Å². The van der Waals surface area contributed by atoms with Crippen molar-refractivity contribution in [3.8, 4) is 0 Å². The summed E-state index contributed by atoms with van der Waals surface area (Å²) in [6.07, 6.45) is -2.22. The zero-order valence-electron chi connectivity index (χ0n) is 12.4. The van der Waals surface area contributed by atoms with E-state index in [9.17, 15) is 19.8 Å². The molecule has 7 heteroatoms. The molecule has 0 aromatic carbocycles. The highest BCUT2D eigenvalue weighted by atomic mass is 16.6. The molecule has 1 aliphatic heterocycles. The lowest BCUT2D eigenvalue weighted by molar-refractivity contribution is -0.123. The molecule has 20 heavy (non-hydrogen) atoms. The van der Waals surface area contributed by atoms with Crippen LogP contribution in [0.15, 0.2) is 0 Å². The fraction of sp³-hybridized carbons (Fsp3) is 0.846. The average molecular weight is 288 g/mol. The summed E-state index contributed by atoms with van der Waals surface area (Å²) in [4.78, 5) is 24.7. The van der Waals surface area contributed by atoms with Crippen molar-refractivity contribution in [1.29, 1.82) is 0 Å². The second kappa shape index (κ2) is 6.41. The summed E-state index contributed by atoms with van der Waals surface area (Å²) in [6, 6.07) is -0.614. The molecular formula is C13H24N2O5. The number of carbonyl (C=O) groups is 2. The molecule has 0 aromatic rings. The number of amides is 2. The maximum Gasteiger partial charge on any atom is 0.410 e. The van der Waals surface area contributed by atoms with Gasteiger partial charge in [0.15, 0.2) is 0 Å². The van der Waals surface area contributed by atoms with Crippen LogP contribution >= 0.6 is 0 Å². The molecule has 0 bridgehead atoms. The molecule has 0 aromatic heterocycles. The predicted octanol–water partition coefficient (Wildman–Crippen LogP) is -0.146. The van der Waals surface area contributed by atoms with Crippen LogP contribution in [-0.2, 0) is 9.53 Å². The molecule has 1 aliphatic rings. The van der Waals surface area contributed by atoms with Crippen LogP contribution < -0.4 is 5.32 Å². The molecule has 3 atom stereocenters. The van der Waals surface area contributed by atoms with Gasteiger partial charge in [-0.2, -0.15) is 0 Å². The smallest absolute Gasteiger partial charge is 0.410 e. The van der Waals surface area contributed by atoms with Crippen LogP contribution in [0, 0.1) is 0 Å². The fourth-order valence-corrected chi connectivity index (χ4v) is 2.17. The first-order valence-electron chi connectivity index (χ1n) is 6.70. The van der Waals surface area contributed by atoms with Gasteiger partial charge in [-0.3, -0.25) is 9.69 Å². The normalized spacial score (nSPS) is 24.4. The van der Waals surface area contributed by atoms with Crippen molar-refractivity contribution >= 4 is 12.0 Å². The van der Waals surface area contributed by atoms with Gasteiger partial charge in [0, 0.05) is 7.05 Å². The lowest BCUT2D eigenvalue weighted by Gasteiger charge is -2.30. The molecule has 1 fully saturated rings. The Morgan fingerprint density at radius 2 is 2.05 bits per heavy atom. The molecular weight excluding hydrogens is 264 g/mol. The Balaban J connectivity index is 2.73. The van der Waals surface area contributed by atoms with Gasteiger partial charge in [-0.15, -0.1) is 0 Å². The van der Waals surface area contributed by atoms with Crippen LogP contribution in [0.4, 0.5) is 4.79 Å². The molecule has 116 valence electrons. The van der Waals surface area contributed by atoms with E-state index in [1.54, 1.807) is 20.8 Å². The third-order valence-electron chi connectivity index (χ3n) is 3.07. The summed E-state index contributed by atoms with van der Waals surface area (Å²) < 4.78 is 5.25. The number of aliphatic hydroxyl groups is 2. The van der Waals surface area contributed by atoms with Crippen LogP contribution in [0.1, 0.15) is 33.6 Å². The van der Waals surface area contributed by atoms with Gasteiger partial charge in [0.1, 0.15) is 5.60 Å². The zero-order valence-corrected chi connectivity index (χ0v) is 12.4. The van der Waals surface area contributed by atoms with Crippen molar-refractivity contribution in [3.05, 3.63) is 0 Å². The minimum atomic E-state index is -1.03. The Kier molecular flexibility index (Phi) is 5.35. The number of likely N-dealkylation sites (tertiary alicyclic amines) is 1. The lowest BCUT2D eigenvalue weighted by atomic mass is 10.0. The van der Waals surface area contributed by atoms with Crippen LogP contribution in [0.25, 0.3) is 0 Å². The summed E-state index contributed by atoms with van der Waals surface area (Å²) in [6.45, 7) is 5.33. The van der Waals surface area contributed by atoms with Gasteiger partial charge in [-0.05, 0) is 27.2 Å². The molecule has 1 heterocycles. The van der Waals surface area contributed by atoms with E-state index in [1.165, 1.54) is 11.9 Å². The Morgan fingerprint density at radius 3 is 2.55 bits per heavy atom. The largest absolute Gasteiger partial charge is 0.444 e. The maximum atomic E-state index is 12.1. The maximum absolute atomic E-state index is 12.1. The van der Waals surface area contributed by atoms with Gasteiger partial charge < -0.3 is 20.3 Å². The molecule has 7 nitrogen and oxygen atoms in total. The molecule has 0 aliphatic carbocycles. The number of ether oxygens (including phenoxy) is 1. The van der Waals surface area contributed by atoms with Crippen molar-refractivity contribution in [1.82, 2.24) is 10.2 Å². The summed E-state index contributed by atoms with van der Waals surface area (Å²) in [7, 11) is 1.48. The van der Waals surface area contributed by atoms with Crippen molar-refractivity contribution < 1.29 is 24.5 Å². The van der Waals surface area contributed by atoms with Gasteiger partial charge in [-0.25, -0.2) is 4.79 Å². The van der Waals surface area contributed by atoms with E-state index in [4.69, 9.17) is 4.74 Å². The monoisotopic (exact) mass is 288 g/mol. The molecule has 0 saturated carbocycles. The first kappa shape index (κ1) is 16.7. The van der Waals surface area contributed by atoms with Gasteiger partial charge in [0.25, 0.3) is 0 Å². The topological polar surface area (TPSA) is 99.1 Å². The number of nitrogens with zero attached hydrogens (tertiary/aromatic N) is 1. The SMILES string of the molecule is CNC(=O)C[C@@H](O)[C@@H]1C[C@@H](O)CN1C(=O)OC(C)(C)C. The Hall–Kier alpha value is -1.34.